The van der Waals surface area contributed by atoms with E-state index in [1.165, 1.54) is 6.92 Å². The lowest BCUT2D eigenvalue weighted by Crippen LogP contribution is -2.28. The number of benzene rings is 1. The van der Waals surface area contributed by atoms with Crippen molar-refractivity contribution in [1.82, 2.24) is 15.2 Å². The second-order valence-corrected chi connectivity index (χ2v) is 4.43. The van der Waals surface area contributed by atoms with Gasteiger partial charge in [-0.3, -0.25) is 15.2 Å². The number of nitrogens with one attached hydrogen (secondary N) is 2. The molecule has 0 spiro atoms. The van der Waals surface area contributed by atoms with Crippen molar-refractivity contribution >= 4 is 11.9 Å². The van der Waals surface area contributed by atoms with Gasteiger partial charge in [-0.25, -0.2) is 0 Å². The van der Waals surface area contributed by atoms with Gasteiger partial charge in [0.2, 0.25) is 11.8 Å². The molecule has 0 aliphatic rings. The van der Waals surface area contributed by atoms with E-state index in [4.69, 9.17) is 4.74 Å². The third-order valence-corrected chi connectivity index (χ3v) is 2.70. The fourth-order valence-electron chi connectivity index (χ4n) is 1.53. The molecule has 1 heterocycles. The van der Waals surface area contributed by atoms with E-state index in [0.29, 0.717) is 0 Å². The average molecular weight is 314 g/mol. The number of alkyl halides is 3. The predicted molar refractivity (Wildman–Crippen MR) is 70.7 cm³/mol. The molecule has 0 saturated carbocycles. The standard InChI is InChI=1S/C13H13F3N4O2/c1-8(22-7-9-5-3-2-4-6-9)10(21)17-12-18-11(19-20-12)13(14,15)16/h2-6,8H,7H2,1H3,(H2,17,18,19,20,21)/t8-/m0/s1. The molecular formula is C13H13F3N4O2. The van der Waals surface area contributed by atoms with Crippen molar-refractivity contribution in [2.24, 2.45) is 0 Å². The van der Waals surface area contributed by atoms with Gasteiger partial charge in [0.15, 0.2) is 0 Å². The fraction of sp³-hybridized carbons (Fsp3) is 0.308. The number of aromatic amines is 1. The number of hydrogen-bond donors (Lipinski definition) is 2. The Morgan fingerprint density at radius 1 is 1.36 bits per heavy atom. The van der Waals surface area contributed by atoms with Gasteiger partial charge in [0.05, 0.1) is 6.61 Å². The molecule has 9 heteroatoms. The Morgan fingerprint density at radius 2 is 2.05 bits per heavy atom. The van der Waals surface area contributed by atoms with Crippen LogP contribution in [-0.4, -0.2) is 27.2 Å². The van der Waals surface area contributed by atoms with Crippen LogP contribution in [0.25, 0.3) is 0 Å². The molecular weight excluding hydrogens is 301 g/mol. The monoisotopic (exact) mass is 314 g/mol. The molecule has 1 aromatic carbocycles. The molecule has 0 aliphatic heterocycles. The van der Waals surface area contributed by atoms with Crippen LogP contribution in [0, 0.1) is 0 Å². The summed E-state index contributed by atoms with van der Waals surface area (Å²) in [6.45, 7) is 1.69. The number of ether oxygens (including phenoxy) is 1. The minimum Gasteiger partial charge on any atom is -0.364 e. The zero-order valence-electron chi connectivity index (χ0n) is 11.5. The average Bonchev–Trinajstić information content (AvgIpc) is 2.94. The van der Waals surface area contributed by atoms with Crippen LogP contribution < -0.4 is 5.32 Å². The molecule has 22 heavy (non-hydrogen) atoms. The highest BCUT2D eigenvalue weighted by molar-refractivity contribution is 5.92. The highest BCUT2D eigenvalue weighted by Gasteiger charge is 2.35. The minimum absolute atomic E-state index is 0.206. The second-order valence-electron chi connectivity index (χ2n) is 4.43. The van der Waals surface area contributed by atoms with Crippen LogP contribution in [0.1, 0.15) is 18.3 Å². The number of H-pyrrole nitrogens is 1. The number of rotatable bonds is 5. The van der Waals surface area contributed by atoms with Crippen LogP contribution in [0.3, 0.4) is 0 Å². The van der Waals surface area contributed by atoms with E-state index in [9.17, 15) is 18.0 Å². The maximum atomic E-state index is 12.3. The van der Waals surface area contributed by atoms with Gasteiger partial charge in [0.1, 0.15) is 6.10 Å². The smallest absolute Gasteiger partial charge is 0.364 e. The summed E-state index contributed by atoms with van der Waals surface area (Å²) in [4.78, 5) is 14.9. The summed E-state index contributed by atoms with van der Waals surface area (Å²) in [6.07, 6.45) is -5.51. The normalized spacial score (nSPS) is 12.9. The van der Waals surface area contributed by atoms with Crippen molar-refractivity contribution in [1.29, 1.82) is 0 Å². The lowest BCUT2D eigenvalue weighted by Gasteiger charge is -2.11. The molecule has 0 fully saturated rings. The first kappa shape index (κ1) is 16.0. The van der Waals surface area contributed by atoms with E-state index in [-0.39, 0.29) is 6.61 Å². The summed E-state index contributed by atoms with van der Waals surface area (Å²) >= 11 is 0. The Bertz CT molecular complexity index is 628. The van der Waals surface area contributed by atoms with E-state index in [1.807, 2.05) is 30.3 Å². The quantitative estimate of drug-likeness (QED) is 0.888. The van der Waals surface area contributed by atoms with Gasteiger partial charge in [-0.15, -0.1) is 5.10 Å². The number of carbonyl (C=O) groups excluding carboxylic acids is 1. The highest BCUT2D eigenvalue weighted by Crippen LogP contribution is 2.26. The summed E-state index contributed by atoms with van der Waals surface area (Å²) in [5.74, 6) is -2.36. The molecule has 0 saturated heterocycles. The van der Waals surface area contributed by atoms with E-state index in [0.717, 1.165) is 5.56 Å². The summed E-state index contributed by atoms with van der Waals surface area (Å²) in [5, 5.41) is 7.14. The number of hydrogen-bond acceptors (Lipinski definition) is 4. The SMILES string of the molecule is C[C@H](OCc1ccccc1)C(=O)Nc1n[nH]c(C(F)(F)F)n1. The molecule has 0 radical (unpaired) electrons. The van der Waals surface area contributed by atoms with Crippen LogP contribution in [0.2, 0.25) is 0 Å². The molecule has 1 amide bonds. The summed E-state index contributed by atoms with van der Waals surface area (Å²) in [6, 6.07) is 9.16. The van der Waals surface area contributed by atoms with Crippen molar-refractivity contribution in [2.45, 2.75) is 25.8 Å². The number of aromatic nitrogens is 3. The Balaban J connectivity index is 1.87. The van der Waals surface area contributed by atoms with Crippen molar-refractivity contribution in [2.75, 3.05) is 5.32 Å². The van der Waals surface area contributed by atoms with Gasteiger partial charge in [0.25, 0.3) is 5.91 Å². The number of anilines is 1. The van der Waals surface area contributed by atoms with Gasteiger partial charge < -0.3 is 4.74 Å². The summed E-state index contributed by atoms with van der Waals surface area (Å²) < 4.78 is 42.3. The van der Waals surface area contributed by atoms with Gasteiger partial charge in [-0.1, -0.05) is 30.3 Å². The Kier molecular flexibility index (Phi) is 4.76. The van der Waals surface area contributed by atoms with E-state index in [1.54, 1.807) is 5.10 Å². The molecule has 0 unspecified atom stereocenters. The first-order valence-corrected chi connectivity index (χ1v) is 6.32. The van der Waals surface area contributed by atoms with Gasteiger partial charge in [0, 0.05) is 0 Å². The number of amides is 1. The largest absolute Gasteiger partial charge is 0.451 e. The second kappa shape index (κ2) is 6.56. The molecule has 0 aliphatic carbocycles. The predicted octanol–water partition coefficient (Wildman–Crippen LogP) is 2.37. The fourth-order valence-corrected chi connectivity index (χ4v) is 1.53. The molecule has 0 bridgehead atoms. The van der Waals surface area contributed by atoms with Crippen molar-refractivity contribution < 1.29 is 22.7 Å². The van der Waals surface area contributed by atoms with Crippen molar-refractivity contribution in [3.8, 4) is 0 Å². The Morgan fingerprint density at radius 3 is 2.64 bits per heavy atom. The maximum Gasteiger partial charge on any atom is 0.451 e. The van der Waals surface area contributed by atoms with Crippen molar-refractivity contribution in [3.63, 3.8) is 0 Å². The highest BCUT2D eigenvalue weighted by atomic mass is 19.4. The zero-order chi connectivity index (χ0) is 16.2. The lowest BCUT2D eigenvalue weighted by atomic mass is 10.2. The molecule has 118 valence electrons. The van der Waals surface area contributed by atoms with E-state index >= 15 is 0 Å². The third kappa shape index (κ3) is 4.29. The summed E-state index contributed by atoms with van der Waals surface area (Å²) in [7, 11) is 0. The van der Waals surface area contributed by atoms with Crippen molar-refractivity contribution in [3.05, 3.63) is 41.7 Å². The Labute approximate surface area is 123 Å². The maximum absolute atomic E-state index is 12.3. The molecule has 2 N–H and O–H groups in total. The Hall–Kier alpha value is -2.42. The van der Waals surface area contributed by atoms with Gasteiger partial charge in [-0.2, -0.15) is 18.2 Å². The lowest BCUT2D eigenvalue weighted by molar-refractivity contribution is -0.144. The van der Waals surface area contributed by atoms with Crippen LogP contribution in [0.15, 0.2) is 30.3 Å². The van der Waals surface area contributed by atoms with Crippen LogP contribution in [-0.2, 0) is 22.3 Å². The minimum atomic E-state index is -4.65. The topological polar surface area (TPSA) is 79.9 Å². The van der Waals surface area contributed by atoms with E-state index in [2.05, 4.69) is 15.4 Å². The molecule has 2 aromatic rings. The zero-order valence-corrected chi connectivity index (χ0v) is 11.5. The number of nitrogens with zero attached hydrogens (tertiary/aromatic N) is 2. The number of carbonyl (C=O) groups is 1. The van der Waals surface area contributed by atoms with Gasteiger partial charge in [-0.05, 0) is 12.5 Å². The van der Waals surface area contributed by atoms with Gasteiger partial charge >= 0.3 is 6.18 Å². The van der Waals surface area contributed by atoms with Crippen LogP contribution >= 0.6 is 0 Å². The van der Waals surface area contributed by atoms with Crippen LogP contribution in [0.5, 0.6) is 0 Å². The van der Waals surface area contributed by atoms with E-state index < -0.39 is 30.0 Å². The first-order chi connectivity index (χ1) is 10.4. The molecule has 6 nitrogen and oxygen atoms in total. The molecule has 2 rings (SSSR count). The molecule has 1 aromatic heterocycles. The number of halogens is 3. The summed E-state index contributed by atoms with van der Waals surface area (Å²) in [5.41, 5.74) is 0.874. The molecule has 1 atom stereocenters. The first-order valence-electron chi connectivity index (χ1n) is 6.32. The third-order valence-electron chi connectivity index (χ3n) is 2.70. The van der Waals surface area contributed by atoms with Crippen LogP contribution in [0.4, 0.5) is 19.1 Å².